The molecule has 0 amide bonds. The number of aldehydes is 1. The van der Waals surface area contributed by atoms with Crippen LogP contribution in [-0.4, -0.2) is 12.1 Å². The van der Waals surface area contributed by atoms with E-state index in [-0.39, 0.29) is 5.78 Å². The van der Waals surface area contributed by atoms with Crippen LogP contribution in [0.1, 0.15) is 27.9 Å². The summed E-state index contributed by atoms with van der Waals surface area (Å²) in [6.45, 7) is 0. The van der Waals surface area contributed by atoms with Gasteiger partial charge in [-0.3, -0.25) is 4.79 Å². The molecular formula is C22H20O2. The van der Waals surface area contributed by atoms with Gasteiger partial charge in [-0.2, -0.15) is 0 Å². The number of hydrogen-bond acceptors (Lipinski definition) is 2. The Bertz CT molecular complexity index is 693. The smallest absolute Gasteiger partial charge is 0.193 e. The topological polar surface area (TPSA) is 34.1 Å². The molecule has 0 saturated heterocycles. The predicted molar refractivity (Wildman–Crippen MR) is 97.1 cm³/mol. The first-order chi connectivity index (χ1) is 11.8. The zero-order valence-corrected chi connectivity index (χ0v) is 13.5. The highest BCUT2D eigenvalue weighted by Gasteiger charge is 2.06. The molecule has 120 valence electrons. The zero-order chi connectivity index (χ0) is 17.0. The van der Waals surface area contributed by atoms with Gasteiger partial charge in [0.1, 0.15) is 6.29 Å². The summed E-state index contributed by atoms with van der Waals surface area (Å²) in [5.41, 5.74) is 2.70. The highest BCUT2D eigenvalue weighted by atomic mass is 16.1. The molecule has 0 bridgehead atoms. The summed E-state index contributed by atoms with van der Waals surface area (Å²) in [7, 11) is 0. The van der Waals surface area contributed by atoms with E-state index in [0.29, 0.717) is 6.42 Å². The van der Waals surface area contributed by atoms with Crippen molar-refractivity contribution in [2.24, 2.45) is 0 Å². The summed E-state index contributed by atoms with van der Waals surface area (Å²) in [4.78, 5) is 21.8. The fraction of sp³-hybridized carbons (Fsp3) is 0.0909. The van der Waals surface area contributed by atoms with Crippen molar-refractivity contribution >= 4 is 12.1 Å². The minimum atomic E-state index is 0.0752. The SMILES string of the molecule is O=C(c1ccccc1)c1ccccc1.O=CCCc1ccccc1. The first-order valence-electron chi connectivity index (χ1n) is 7.93. The molecule has 0 saturated carbocycles. The Morgan fingerprint density at radius 2 is 1.08 bits per heavy atom. The van der Waals surface area contributed by atoms with Crippen molar-refractivity contribution in [1.82, 2.24) is 0 Å². The van der Waals surface area contributed by atoms with Gasteiger partial charge in [-0.25, -0.2) is 0 Å². The van der Waals surface area contributed by atoms with E-state index in [0.717, 1.165) is 23.8 Å². The van der Waals surface area contributed by atoms with E-state index in [1.165, 1.54) is 5.56 Å². The molecule has 24 heavy (non-hydrogen) atoms. The Balaban J connectivity index is 0.000000185. The summed E-state index contributed by atoms with van der Waals surface area (Å²) in [5.74, 6) is 0.0752. The van der Waals surface area contributed by atoms with Crippen molar-refractivity contribution in [3.05, 3.63) is 108 Å². The van der Waals surface area contributed by atoms with Crippen molar-refractivity contribution in [2.45, 2.75) is 12.8 Å². The van der Waals surface area contributed by atoms with Crippen LogP contribution in [0.15, 0.2) is 91.0 Å². The number of benzene rings is 3. The van der Waals surface area contributed by atoms with E-state index in [9.17, 15) is 9.59 Å². The highest BCUT2D eigenvalue weighted by Crippen LogP contribution is 2.08. The summed E-state index contributed by atoms with van der Waals surface area (Å²) < 4.78 is 0. The first-order valence-corrected chi connectivity index (χ1v) is 7.93. The molecule has 2 nitrogen and oxygen atoms in total. The first kappa shape index (κ1) is 17.4. The maximum Gasteiger partial charge on any atom is 0.193 e. The largest absolute Gasteiger partial charge is 0.303 e. The van der Waals surface area contributed by atoms with Crippen molar-refractivity contribution in [3.8, 4) is 0 Å². The third-order valence-corrected chi connectivity index (χ3v) is 3.47. The second-order valence-electron chi connectivity index (χ2n) is 5.25. The number of carbonyl (C=O) groups is 2. The average molecular weight is 316 g/mol. The van der Waals surface area contributed by atoms with Gasteiger partial charge in [0, 0.05) is 17.5 Å². The Labute approximate surface area is 142 Å². The number of carbonyl (C=O) groups excluding carboxylic acids is 2. The standard InChI is InChI=1S/C13H10O.C9H10O/c14-13(11-7-3-1-4-8-11)12-9-5-2-6-10-12;10-8-4-7-9-5-2-1-3-6-9/h1-10H;1-3,5-6,8H,4,7H2. The molecule has 0 spiro atoms. The van der Waals surface area contributed by atoms with E-state index >= 15 is 0 Å². The predicted octanol–water partition coefficient (Wildman–Crippen LogP) is 4.74. The minimum Gasteiger partial charge on any atom is -0.303 e. The van der Waals surface area contributed by atoms with E-state index < -0.39 is 0 Å². The fourth-order valence-electron chi connectivity index (χ4n) is 2.22. The van der Waals surface area contributed by atoms with Crippen LogP contribution in [0, 0.1) is 0 Å². The van der Waals surface area contributed by atoms with Gasteiger partial charge in [0.2, 0.25) is 0 Å². The summed E-state index contributed by atoms with van der Waals surface area (Å²) in [5, 5.41) is 0. The van der Waals surface area contributed by atoms with Gasteiger partial charge in [-0.05, 0) is 12.0 Å². The van der Waals surface area contributed by atoms with E-state index in [4.69, 9.17) is 0 Å². The second-order valence-corrected chi connectivity index (χ2v) is 5.25. The van der Waals surface area contributed by atoms with Crippen molar-refractivity contribution < 1.29 is 9.59 Å². The van der Waals surface area contributed by atoms with E-state index in [2.05, 4.69) is 0 Å². The molecule has 0 fully saturated rings. The third-order valence-electron chi connectivity index (χ3n) is 3.47. The maximum absolute atomic E-state index is 11.8. The van der Waals surface area contributed by atoms with Crippen LogP contribution in [0.2, 0.25) is 0 Å². The van der Waals surface area contributed by atoms with Crippen LogP contribution in [0.3, 0.4) is 0 Å². The molecule has 3 rings (SSSR count). The van der Waals surface area contributed by atoms with Gasteiger partial charge in [0.05, 0.1) is 0 Å². The number of rotatable bonds is 5. The molecule has 0 atom stereocenters. The van der Waals surface area contributed by atoms with Gasteiger partial charge in [0.25, 0.3) is 0 Å². The molecule has 0 aliphatic rings. The summed E-state index contributed by atoms with van der Waals surface area (Å²) in [6.07, 6.45) is 2.45. The lowest BCUT2D eigenvalue weighted by molar-refractivity contribution is -0.107. The van der Waals surface area contributed by atoms with Gasteiger partial charge >= 0.3 is 0 Å². The molecule has 0 aliphatic heterocycles. The molecule has 0 radical (unpaired) electrons. The second kappa shape index (κ2) is 9.90. The average Bonchev–Trinajstić information content (AvgIpc) is 2.68. The Morgan fingerprint density at radius 3 is 1.50 bits per heavy atom. The van der Waals surface area contributed by atoms with Crippen LogP contribution in [0.25, 0.3) is 0 Å². The Kier molecular flexibility index (Phi) is 7.16. The number of aryl methyl sites for hydroxylation is 1. The van der Waals surface area contributed by atoms with Crippen LogP contribution < -0.4 is 0 Å². The zero-order valence-electron chi connectivity index (χ0n) is 13.5. The molecule has 3 aromatic rings. The lowest BCUT2D eigenvalue weighted by atomic mass is 10.0. The van der Waals surface area contributed by atoms with Gasteiger partial charge in [0.15, 0.2) is 5.78 Å². The van der Waals surface area contributed by atoms with Crippen molar-refractivity contribution in [1.29, 1.82) is 0 Å². The quantitative estimate of drug-likeness (QED) is 0.503. The van der Waals surface area contributed by atoms with E-state index in [1.54, 1.807) is 0 Å². The minimum absolute atomic E-state index is 0.0752. The summed E-state index contributed by atoms with van der Waals surface area (Å²) in [6, 6.07) is 28.6. The molecule has 0 N–H and O–H groups in total. The molecule has 0 aromatic heterocycles. The summed E-state index contributed by atoms with van der Waals surface area (Å²) >= 11 is 0. The monoisotopic (exact) mass is 316 g/mol. The number of ketones is 1. The van der Waals surface area contributed by atoms with E-state index in [1.807, 2.05) is 91.0 Å². The maximum atomic E-state index is 11.8. The van der Waals surface area contributed by atoms with Crippen molar-refractivity contribution in [2.75, 3.05) is 0 Å². The highest BCUT2D eigenvalue weighted by molar-refractivity contribution is 6.08. The normalized spacial score (nSPS) is 9.50. The Hall–Kier alpha value is -3.00. The Morgan fingerprint density at radius 1 is 0.667 bits per heavy atom. The van der Waals surface area contributed by atoms with Crippen LogP contribution >= 0.6 is 0 Å². The molecule has 0 aliphatic carbocycles. The van der Waals surface area contributed by atoms with Gasteiger partial charge < -0.3 is 4.79 Å². The molecule has 3 aromatic carbocycles. The fourth-order valence-corrected chi connectivity index (χ4v) is 2.22. The number of hydrogen-bond donors (Lipinski definition) is 0. The molecule has 0 unspecified atom stereocenters. The van der Waals surface area contributed by atoms with Crippen LogP contribution in [0.4, 0.5) is 0 Å². The lowest BCUT2D eigenvalue weighted by Gasteiger charge is -1.99. The van der Waals surface area contributed by atoms with Crippen LogP contribution in [0.5, 0.6) is 0 Å². The molecular weight excluding hydrogens is 296 g/mol. The third kappa shape index (κ3) is 5.65. The van der Waals surface area contributed by atoms with Gasteiger partial charge in [-0.1, -0.05) is 91.0 Å². The molecule has 2 heteroatoms. The van der Waals surface area contributed by atoms with Crippen LogP contribution in [-0.2, 0) is 11.2 Å². The lowest BCUT2D eigenvalue weighted by Crippen LogP contribution is -1.99. The molecule has 0 heterocycles. The van der Waals surface area contributed by atoms with Gasteiger partial charge in [-0.15, -0.1) is 0 Å². The van der Waals surface area contributed by atoms with Crippen molar-refractivity contribution in [3.63, 3.8) is 0 Å².